The van der Waals surface area contributed by atoms with Crippen molar-refractivity contribution in [3.63, 3.8) is 0 Å². The summed E-state index contributed by atoms with van der Waals surface area (Å²) in [5.41, 5.74) is 2.68. The van der Waals surface area contributed by atoms with Gasteiger partial charge in [0.15, 0.2) is 0 Å². The fourth-order valence-corrected chi connectivity index (χ4v) is 1.69. The van der Waals surface area contributed by atoms with E-state index in [0.29, 0.717) is 11.6 Å². The van der Waals surface area contributed by atoms with E-state index >= 15 is 0 Å². The van der Waals surface area contributed by atoms with E-state index in [2.05, 4.69) is 23.8 Å². The number of benzene rings is 1. The zero-order valence-electron chi connectivity index (χ0n) is 10.0. The van der Waals surface area contributed by atoms with Gasteiger partial charge >= 0.3 is 0 Å². The molecule has 0 aliphatic rings. The normalized spacial score (nSPS) is 12.7. The maximum atomic E-state index is 10.1. The summed E-state index contributed by atoms with van der Waals surface area (Å²) in [4.78, 5) is 8.05. The number of hydrogen-bond acceptors (Lipinski definition) is 3. The van der Waals surface area contributed by atoms with E-state index in [1.807, 2.05) is 24.3 Å². The van der Waals surface area contributed by atoms with E-state index in [9.17, 15) is 5.11 Å². The second kappa shape index (κ2) is 5.06. The highest BCUT2D eigenvalue weighted by Gasteiger charge is 2.11. The standard InChI is InChI=1S/C14H16N2O/c1-10(2)11-3-5-12(6-4-11)14(17)13-9-15-7-8-16-13/h3-10,14,17H,1-2H3. The van der Waals surface area contributed by atoms with E-state index in [1.54, 1.807) is 18.6 Å². The Hall–Kier alpha value is -1.74. The summed E-state index contributed by atoms with van der Waals surface area (Å²) < 4.78 is 0. The van der Waals surface area contributed by atoms with Crippen LogP contribution in [0.3, 0.4) is 0 Å². The lowest BCUT2D eigenvalue weighted by Crippen LogP contribution is -2.02. The van der Waals surface area contributed by atoms with Crippen molar-refractivity contribution >= 4 is 0 Å². The third-order valence-electron chi connectivity index (χ3n) is 2.78. The minimum atomic E-state index is -0.704. The molecule has 1 aromatic carbocycles. The largest absolute Gasteiger partial charge is 0.382 e. The highest BCUT2D eigenvalue weighted by Crippen LogP contribution is 2.22. The van der Waals surface area contributed by atoms with Gasteiger partial charge in [-0.2, -0.15) is 0 Å². The van der Waals surface area contributed by atoms with Crippen molar-refractivity contribution in [3.8, 4) is 0 Å². The van der Waals surface area contributed by atoms with Crippen LogP contribution in [0.1, 0.15) is 42.7 Å². The molecular weight excluding hydrogens is 212 g/mol. The average molecular weight is 228 g/mol. The first-order valence-electron chi connectivity index (χ1n) is 5.72. The predicted molar refractivity (Wildman–Crippen MR) is 66.6 cm³/mol. The van der Waals surface area contributed by atoms with Crippen LogP contribution < -0.4 is 0 Å². The van der Waals surface area contributed by atoms with E-state index in [-0.39, 0.29) is 0 Å². The molecule has 17 heavy (non-hydrogen) atoms. The van der Waals surface area contributed by atoms with Crippen molar-refractivity contribution in [3.05, 3.63) is 59.7 Å². The maximum absolute atomic E-state index is 10.1. The minimum absolute atomic E-state index is 0.498. The zero-order valence-corrected chi connectivity index (χ0v) is 10.0. The van der Waals surface area contributed by atoms with Gasteiger partial charge in [0.05, 0.1) is 11.9 Å². The number of nitrogens with zero attached hydrogens (tertiary/aromatic N) is 2. The third kappa shape index (κ3) is 2.68. The van der Waals surface area contributed by atoms with Gasteiger partial charge in [-0.15, -0.1) is 0 Å². The molecule has 0 saturated carbocycles. The highest BCUT2D eigenvalue weighted by molar-refractivity contribution is 5.29. The van der Waals surface area contributed by atoms with Gasteiger partial charge < -0.3 is 5.11 Å². The summed E-state index contributed by atoms with van der Waals surface area (Å²) in [6, 6.07) is 7.96. The van der Waals surface area contributed by atoms with Crippen molar-refractivity contribution in [1.82, 2.24) is 9.97 Å². The Morgan fingerprint density at radius 2 is 1.65 bits per heavy atom. The summed E-state index contributed by atoms with van der Waals surface area (Å²) >= 11 is 0. The molecule has 0 aliphatic heterocycles. The first kappa shape index (κ1) is 11.7. The average Bonchev–Trinajstić information content (AvgIpc) is 2.39. The lowest BCUT2D eigenvalue weighted by Gasteiger charge is -2.11. The summed E-state index contributed by atoms with van der Waals surface area (Å²) in [7, 11) is 0. The zero-order chi connectivity index (χ0) is 12.3. The monoisotopic (exact) mass is 228 g/mol. The van der Waals surface area contributed by atoms with Gasteiger partial charge in [0.2, 0.25) is 0 Å². The van der Waals surface area contributed by atoms with Crippen LogP contribution in [0, 0.1) is 0 Å². The smallest absolute Gasteiger partial charge is 0.123 e. The number of aliphatic hydroxyl groups is 1. The lowest BCUT2D eigenvalue weighted by molar-refractivity contribution is 0.215. The Morgan fingerprint density at radius 1 is 1.00 bits per heavy atom. The fourth-order valence-electron chi connectivity index (χ4n) is 1.69. The van der Waals surface area contributed by atoms with Gasteiger partial charge in [-0.1, -0.05) is 38.1 Å². The van der Waals surface area contributed by atoms with Crippen LogP contribution in [0.15, 0.2) is 42.9 Å². The summed E-state index contributed by atoms with van der Waals surface area (Å²) in [6.45, 7) is 4.29. The van der Waals surface area contributed by atoms with Crippen LogP contribution in [0.25, 0.3) is 0 Å². The van der Waals surface area contributed by atoms with Gasteiger partial charge in [0.1, 0.15) is 6.10 Å². The first-order valence-corrected chi connectivity index (χ1v) is 5.72. The molecule has 0 fully saturated rings. The molecule has 2 rings (SSSR count). The molecule has 0 bridgehead atoms. The molecular formula is C14H16N2O. The van der Waals surface area contributed by atoms with E-state index in [4.69, 9.17) is 0 Å². The lowest BCUT2D eigenvalue weighted by atomic mass is 9.99. The van der Waals surface area contributed by atoms with E-state index in [0.717, 1.165) is 5.56 Å². The Labute approximate surface area is 101 Å². The van der Waals surface area contributed by atoms with Crippen molar-refractivity contribution < 1.29 is 5.11 Å². The fraction of sp³-hybridized carbons (Fsp3) is 0.286. The summed E-state index contributed by atoms with van der Waals surface area (Å²) in [5.74, 6) is 0.498. The van der Waals surface area contributed by atoms with Gasteiger partial charge in [0, 0.05) is 12.4 Å². The van der Waals surface area contributed by atoms with Gasteiger partial charge in [0.25, 0.3) is 0 Å². The molecule has 0 saturated heterocycles. The molecule has 1 aromatic heterocycles. The molecule has 88 valence electrons. The number of aliphatic hydroxyl groups excluding tert-OH is 1. The third-order valence-corrected chi connectivity index (χ3v) is 2.78. The van der Waals surface area contributed by atoms with Gasteiger partial charge in [-0.25, -0.2) is 0 Å². The topological polar surface area (TPSA) is 46.0 Å². The van der Waals surface area contributed by atoms with Crippen LogP contribution in [0.5, 0.6) is 0 Å². The summed E-state index contributed by atoms with van der Waals surface area (Å²) in [5, 5.41) is 10.1. The molecule has 1 unspecified atom stereocenters. The molecule has 0 aliphatic carbocycles. The number of aromatic nitrogens is 2. The molecule has 0 amide bonds. The van der Waals surface area contributed by atoms with Crippen molar-refractivity contribution in [2.75, 3.05) is 0 Å². The van der Waals surface area contributed by atoms with Crippen molar-refractivity contribution in [1.29, 1.82) is 0 Å². The molecule has 0 spiro atoms. The van der Waals surface area contributed by atoms with Crippen LogP contribution in [-0.2, 0) is 0 Å². The SMILES string of the molecule is CC(C)c1ccc(C(O)c2cnccn2)cc1. The van der Waals surface area contributed by atoms with Gasteiger partial charge in [-0.05, 0) is 17.0 Å². The first-order chi connectivity index (χ1) is 8.18. The second-order valence-electron chi connectivity index (χ2n) is 4.35. The van der Waals surface area contributed by atoms with Crippen molar-refractivity contribution in [2.24, 2.45) is 0 Å². The Morgan fingerprint density at radius 3 is 2.18 bits per heavy atom. The number of hydrogen-bond donors (Lipinski definition) is 1. The molecule has 1 N–H and O–H groups in total. The Kier molecular flexibility index (Phi) is 3.49. The van der Waals surface area contributed by atoms with Crippen LogP contribution in [0.2, 0.25) is 0 Å². The molecule has 3 heteroatoms. The van der Waals surface area contributed by atoms with Crippen LogP contribution in [0.4, 0.5) is 0 Å². The molecule has 1 heterocycles. The maximum Gasteiger partial charge on any atom is 0.123 e. The van der Waals surface area contributed by atoms with Crippen LogP contribution >= 0.6 is 0 Å². The Balaban J connectivity index is 2.23. The van der Waals surface area contributed by atoms with Crippen molar-refractivity contribution in [2.45, 2.75) is 25.9 Å². The quantitative estimate of drug-likeness (QED) is 0.878. The molecule has 0 radical (unpaired) electrons. The second-order valence-corrected chi connectivity index (χ2v) is 4.35. The predicted octanol–water partition coefficient (Wildman–Crippen LogP) is 2.68. The number of rotatable bonds is 3. The molecule has 1 atom stereocenters. The highest BCUT2D eigenvalue weighted by atomic mass is 16.3. The molecule has 2 aromatic rings. The Bertz CT molecular complexity index is 465. The minimum Gasteiger partial charge on any atom is -0.382 e. The van der Waals surface area contributed by atoms with Crippen LogP contribution in [-0.4, -0.2) is 15.1 Å². The molecule has 3 nitrogen and oxygen atoms in total. The van der Waals surface area contributed by atoms with Gasteiger partial charge in [-0.3, -0.25) is 9.97 Å². The van der Waals surface area contributed by atoms with E-state index in [1.165, 1.54) is 5.56 Å². The van der Waals surface area contributed by atoms with E-state index < -0.39 is 6.10 Å². The summed E-state index contributed by atoms with van der Waals surface area (Å²) in [6.07, 6.45) is 4.06.